The first kappa shape index (κ1) is 29.5. The number of carboxylic acids is 1. The van der Waals surface area contributed by atoms with Crippen LogP contribution in [0.15, 0.2) is 28.7 Å². The van der Waals surface area contributed by atoms with E-state index < -0.39 is 17.7 Å². The third-order valence-corrected chi connectivity index (χ3v) is 9.22. The van der Waals surface area contributed by atoms with E-state index in [-0.39, 0.29) is 11.0 Å². The van der Waals surface area contributed by atoms with Crippen LogP contribution in [0.5, 0.6) is 0 Å². The molecule has 2 N–H and O–H groups in total. The Hall–Kier alpha value is -2.97. The molecule has 0 radical (unpaired) electrons. The highest BCUT2D eigenvalue weighted by Crippen LogP contribution is 2.44. The van der Waals surface area contributed by atoms with Gasteiger partial charge in [-0.2, -0.15) is 0 Å². The van der Waals surface area contributed by atoms with Gasteiger partial charge in [-0.3, -0.25) is 4.90 Å². The molecule has 0 aromatic carbocycles. The van der Waals surface area contributed by atoms with Gasteiger partial charge in [0, 0.05) is 48.4 Å². The highest BCUT2D eigenvalue weighted by atomic mass is 16.4. The summed E-state index contributed by atoms with van der Waals surface area (Å²) in [5.41, 5.74) is 4.44. The molecule has 3 aromatic heterocycles. The van der Waals surface area contributed by atoms with Crippen molar-refractivity contribution in [3.63, 3.8) is 0 Å². The molecule has 4 heterocycles. The first-order valence-corrected chi connectivity index (χ1v) is 14.9. The minimum Gasteiger partial charge on any atom is -0.478 e. The zero-order chi connectivity index (χ0) is 29.9. The van der Waals surface area contributed by atoms with Crippen molar-refractivity contribution >= 4 is 22.9 Å². The summed E-state index contributed by atoms with van der Waals surface area (Å²) < 4.78 is 6.44. The molecule has 2 fully saturated rings. The fourth-order valence-electron chi connectivity index (χ4n) is 6.57. The molecule has 1 aliphatic heterocycles. The average Bonchev–Trinajstić information content (AvgIpc) is 3.30. The Morgan fingerprint density at radius 2 is 1.76 bits per heavy atom. The summed E-state index contributed by atoms with van der Waals surface area (Å²) >= 11 is 0. The summed E-state index contributed by atoms with van der Waals surface area (Å²) in [6, 6.07) is 7.56. The van der Waals surface area contributed by atoms with Gasteiger partial charge in [-0.05, 0) is 75.5 Å². The molecule has 1 aliphatic carbocycles. The number of aryl methyl sites for hydroxylation is 1. The zero-order valence-electron chi connectivity index (χ0n) is 25.9. The Balaban J connectivity index is 1.41. The van der Waals surface area contributed by atoms with Crippen molar-refractivity contribution in [2.45, 2.75) is 104 Å². The molecule has 1 saturated carbocycles. The van der Waals surface area contributed by atoms with Gasteiger partial charge in [0.2, 0.25) is 0 Å². The van der Waals surface area contributed by atoms with Crippen molar-refractivity contribution in [3.05, 3.63) is 52.5 Å². The summed E-state index contributed by atoms with van der Waals surface area (Å²) in [5.74, 6) is 0.738. The van der Waals surface area contributed by atoms with E-state index in [2.05, 4.69) is 69.3 Å². The predicted molar refractivity (Wildman–Crippen MR) is 162 cm³/mol. The Kier molecular flexibility index (Phi) is 7.48. The van der Waals surface area contributed by atoms with Crippen molar-refractivity contribution in [3.8, 4) is 0 Å². The van der Waals surface area contributed by atoms with Gasteiger partial charge in [0.15, 0.2) is 17.6 Å². The van der Waals surface area contributed by atoms with E-state index in [9.17, 15) is 15.0 Å². The summed E-state index contributed by atoms with van der Waals surface area (Å²) in [6.07, 6.45) is 3.79. The van der Waals surface area contributed by atoms with Crippen molar-refractivity contribution in [2.75, 3.05) is 24.5 Å². The van der Waals surface area contributed by atoms with Gasteiger partial charge in [-0.15, -0.1) is 0 Å². The number of aromatic nitrogens is 2. The van der Waals surface area contributed by atoms with Gasteiger partial charge < -0.3 is 19.5 Å². The van der Waals surface area contributed by atoms with E-state index in [4.69, 9.17) is 9.40 Å². The number of aliphatic hydroxyl groups excluding tert-OH is 1. The SMILES string of the molecule is Cc1nc(N2CCN(C(O)c3cc4nc(C5CCC(C)(C)CC5)cc(C(C)(C)C)c4o3)C(C)(C)C2)ccc1C(=O)O. The highest BCUT2D eigenvalue weighted by molar-refractivity contribution is 5.89. The quantitative estimate of drug-likeness (QED) is 0.350. The number of piperazine rings is 1. The highest BCUT2D eigenvalue weighted by Gasteiger charge is 2.40. The van der Waals surface area contributed by atoms with Gasteiger partial charge in [0.1, 0.15) is 11.3 Å². The van der Waals surface area contributed by atoms with Crippen LogP contribution in [-0.2, 0) is 5.41 Å². The van der Waals surface area contributed by atoms with E-state index in [1.54, 1.807) is 19.1 Å². The number of carboxylic acid groups (broad SMARTS) is 1. The first-order valence-electron chi connectivity index (χ1n) is 14.9. The number of aliphatic hydroxyl groups is 1. The molecule has 5 rings (SSSR count). The number of carbonyl (C=O) groups is 1. The minimum atomic E-state index is -0.973. The number of hydrogen-bond acceptors (Lipinski definition) is 7. The fraction of sp³-hybridized carbons (Fsp3) is 0.606. The maximum atomic E-state index is 11.7. The Bertz CT molecular complexity index is 1440. The number of aromatic carboxylic acids is 1. The second kappa shape index (κ2) is 10.4. The second-order valence-corrected chi connectivity index (χ2v) is 14.6. The molecule has 2 aliphatic rings. The third kappa shape index (κ3) is 5.86. The predicted octanol–water partition coefficient (Wildman–Crippen LogP) is 6.80. The van der Waals surface area contributed by atoms with Crippen molar-refractivity contribution in [1.29, 1.82) is 0 Å². The number of pyridine rings is 2. The van der Waals surface area contributed by atoms with Crippen LogP contribution in [0.25, 0.3) is 11.1 Å². The molecule has 1 atom stereocenters. The fourth-order valence-corrected chi connectivity index (χ4v) is 6.57. The monoisotopic (exact) mass is 562 g/mol. The zero-order valence-corrected chi connectivity index (χ0v) is 25.9. The van der Waals surface area contributed by atoms with E-state index >= 15 is 0 Å². The topological polar surface area (TPSA) is 103 Å². The number of anilines is 1. The van der Waals surface area contributed by atoms with Gasteiger partial charge in [-0.25, -0.2) is 14.8 Å². The lowest BCUT2D eigenvalue weighted by Crippen LogP contribution is -2.60. The second-order valence-electron chi connectivity index (χ2n) is 14.6. The number of hydrogen-bond donors (Lipinski definition) is 2. The van der Waals surface area contributed by atoms with Gasteiger partial charge in [-0.1, -0.05) is 34.6 Å². The molecule has 8 nitrogen and oxygen atoms in total. The standard InChI is InChI=1S/C33H46N4O4/c1-20-22(30(39)40)9-10-27(34-20)36-15-16-37(33(7,8)19-36)29(38)26-18-25-28(41-26)23(31(2,3)4)17-24(35-25)21-11-13-32(5,6)14-12-21/h9-10,17-18,21,29,38H,11-16,19H2,1-8H3,(H,39,40). The lowest BCUT2D eigenvalue weighted by atomic mass is 9.72. The molecular weight excluding hydrogens is 516 g/mol. The third-order valence-electron chi connectivity index (χ3n) is 9.22. The summed E-state index contributed by atoms with van der Waals surface area (Å²) in [7, 11) is 0. The van der Waals surface area contributed by atoms with Gasteiger partial charge >= 0.3 is 5.97 Å². The largest absolute Gasteiger partial charge is 0.478 e. The molecule has 0 spiro atoms. The maximum absolute atomic E-state index is 11.7. The molecule has 222 valence electrons. The van der Waals surface area contributed by atoms with E-state index in [1.165, 1.54) is 12.8 Å². The molecule has 8 heteroatoms. The van der Waals surface area contributed by atoms with E-state index in [1.807, 2.05) is 6.07 Å². The van der Waals surface area contributed by atoms with Crippen molar-refractivity contribution in [2.24, 2.45) is 5.41 Å². The number of nitrogens with zero attached hydrogens (tertiary/aromatic N) is 4. The maximum Gasteiger partial charge on any atom is 0.337 e. The summed E-state index contributed by atoms with van der Waals surface area (Å²) in [5, 5.41) is 21.0. The Labute approximate surface area is 243 Å². The van der Waals surface area contributed by atoms with Crippen LogP contribution >= 0.6 is 0 Å². The van der Waals surface area contributed by atoms with Crippen LogP contribution in [0.4, 0.5) is 5.82 Å². The molecule has 0 amide bonds. The smallest absolute Gasteiger partial charge is 0.337 e. The molecule has 0 bridgehead atoms. The normalized spacial score (nSPS) is 20.9. The number of fused-ring (bicyclic) bond motifs is 1. The molecule has 41 heavy (non-hydrogen) atoms. The first-order chi connectivity index (χ1) is 19.1. The Morgan fingerprint density at radius 1 is 1.07 bits per heavy atom. The molecule has 1 unspecified atom stereocenters. The average molecular weight is 563 g/mol. The molecule has 3 aromatic rings. The minimum absolute atomic E-state index is 0.129. The van der Waals surface area contributed by atoms with Crippen molar-refractivity contribution in [1.82, 2.24) is 14.9 Å². The number of rotatable bonds is 5. The summed E-state index contributed by atoms with van der Waals surface area (Å²) in [4.78, 5) is 25.3. The van der Waals surface area contributed by atoms with Crippen LogP contribution in [0.2, 0.25) is 0 Å². The van der Waals surface area contributed by atoms with Crippen LogP contribution in [0.1, 0.15) is 119 Å². The van der Waals surface area contributed by atoms with Crippen molar-refractivity contribution < 1.29 is 19.4 Å². The molecular formula is C33H46N4O4. The van der Waals surface area contributed by atoms with Crippen LogP contribution in [-0.4, -0.2) is 56.2 Å². The molecule has 1 saturated heterocycles. The van der Waals surface area contributed by atoms with Gasteiger partial charge in [0.05, 0.1) is 11.3 Å². The van der Waals surface area contributed by atoms with Crippen LogP contribution in [0, 0.1) is 12.3 Å². The Morgan fingerprint density at radius 3 is 2.34 bits per heavy atom. The summed E-state index contributed by atoms with van der Waals surface area (Å²) in [6.45, 7) is 19.1. The van der Waals surface area contributed by atoms with Gasteiger partial charge in [0.25, 0.3) is 0 Å². The lowest BCUT2D eigenvalue weighted by molar-refractivity contribution is -0.0755. The van der Waals surface area contributed by atoms with E-state index in [0.717, 1.165) is 41.0 Å². The van der Waals surface area contributed by atoms with E-state index in [0.29, 0.717) is 42.4 Å². The lowest BCUT2D eigenvalue weighted by Gasteiger charge is -2.48. The van der Waals surface area contributed by atoms with Crippen LogP contribution in [0.3, 0.4) is 0 Å². The number of furan rings is 1. The van der Waals surface area contributed by atoms with Crippen LogP contribution < -0.4 is 4.90 Å².